The van der Waals surface area contributed by atoms with Gasteiger partial charge >= 0.3 is 5.97 Å². The van der Waals surface area contributed by atoms with Crippen LogP contribution in [0.25, 0.3) is 17.6 Å². The quantitative estimate of drug-likeness (QED) is 0.621. The van der Waals surface area contributed by atoms with E-state index in [-0.39, 0.29) is 6.10 Å². The zero-order chi connectivity index (χ0) is 16.1. The molecule has 2 aromatic heterocycles. The molecule has 0 fully saturated rings. The van der Waals surface area contributed by atoms with E-state index in [0.29, 0.717) is 11.7 Å². The Morgan fingerprint density at radius 3 is 2.82 bits per heavy atom. The molecule has 0 unspecified atom stereocenters. The number of aryl methyl sites for hydroxylation is 1. The number of hydrogen-bond donors (Lipinski definition) is 0. The van der Waals surface area contributed by atoms with Crippen LogP contribution in [0.3, 0.4) is 0 Å². The molecule has 2 aromatic rings. The summed E-state index contributed by atoms with van der Waals surface area (Å²) in [5, 5.41) is 4.28. The van der Waals surface area contributed by atoms with E-state index in [0.717, 1.165) is 11.3 Å². The predicted octanol–water partition coefficient (Wildman–Crippen LogP) is 2.08. The van der Waals surface area contributed by atoms with E-state index in [4.69, 9.17) is 9.47 Å². The van der Waals surface area contributed by atoms with Crippen molar-refractivity contribution in [3.05, 3.63) is 30.2 Å². The first kappa shape index (κ1) is 15.7. The smallest absolute Gasteiger partial charge is 0.332 e. The maximum atomic E-state index is 11.4. The minimum Gasteiger partial charge on any atom is -0.481 e. The van der Waals surface area contributed by atoms with Gasteiger partial charge in [-0.1, -0.05) is 0 Å². The molecular weight excluding hydrogens is 284 g/mol. The number of nitrogens with zero attached hydrogens (tertiary/aromatic N) is 4. The Bertz CT molecular complexity index is 692. The molecule has 7 heteroatoms. The van der Waals surface area contributed by atoms with Gasteiger partial charge in [-0.2, -0.15) is 0 Å². The fourth-order valence-corrected chi connectivity index (χ4v) is 1.76. The number of pyridine rings is 1. The van der Waals surface area contributed by atoms with E-state index in [2.05, 4.69) is 15.1 Å². The third kappa shape index (κ3) is 4.15. The van der Waals surface area contributed by atoms with E-state index in [9.17, 15) is 4.79 Å². The second-order valence-corrected chi connectivity index (χ2v) is 4.89. The van der Waals surface area contributed by atoms with Gasteiger partial charge in [-0.25, -0.2) is 19.4 Å². The molecule has 0 N–H and O–H groups in total. The molecule has 0 spiro atoms. The van der Waals surface area contributed by atoms with Crippen molar-refractivity contribution in [2.75, 3.05) is 7.11 Å². The Morgan fingerprint density at radius 1 is 1.36 bits per heavy atom. The van der Waals surface area contributed by atoms with Gasteiger partial charge in [-0.3, -0.25) is 0 Å². The summed E-state index contributed by atoms with van der Waals surface area (Å²) < 4.78 is 11.6. The van der Waals surface area contributed by atoms with Crippen LogP contribution < -0.4 is 4.74 Å². The van der Waals surface area contributed by atoms with Gasteiger partial charge in [0.2, 0.25) is 5.88 Å². The SMILES string of the molecule is COc1cc(-c2ncn(/C=C\C(=O)OC(C)C)n2)cc(C)n1. The second kappa shape index (κ2) is 6.84. The minimum absolute atomic E-state index is 0.157. The molecule has 0 aliphatic rings. The number of rotatable bonds is 5. The molecule has 0 amide bonds. The lowest BCUT2D eigenvalue weighted by atomic mass is 10.2. The molecule has 0 aromatic carbocycles. The van der Waals surface area contributed by atoms with Gasteiger partial charge in [0, 0.05) is 29.6 Å². The Balaban J connectivity index is 2.16. The summed E-state index contributed by atoms with van der Waals surface area (Å²) in [4.78, 5) is 19.9. The number of methoxy groups -OCH3 is 1. The highest BCUT2D eigenvalue weighted by atomic mass is 16.5. The molecule has 2 heterocycles. The van der Waals surface area contributed by atoms with Gasteiger partial charge in [0.05, 0.1) is 13.2 Å². The lowest BCUT2D eigenvalue weighted by Crippen LogP contribution is -2.08. The van der Waals surface area contributed by atoms with Gasteiger partial charge in [0.1, 0.15) is 6.33 Å². The standard InChI is InChI=1S/C15H18N4O3/c1-10(2)22-14(20)5-6-19-9-16-15(18-19)12-7-11(3)17-13(8-12)21-4/h5-10H,1-4H3/b6-5-. The Kier molecular flexibility index (Phi) is 4.88. The summed E-state index contributed by atoms with van der Waals surface area (Å²) in [6.07, 6.45) is 4.15. The van der Waals surface area contributed by atoms with Crippen LogP contribution in [0.1, 0.15) is 19.5 Å². The summed E-state index contributed by atoms with van der Waals surface area (Å²) in [7, 11) is 1.56. The highest BCUT2D eigenvalue weighted by Crippen LogP contribution is 2.20. The molecule has 2 rings (SSSR count). The highest BCUT2D eigenvalue weighted by molar-refractivity contribution is 5.85. The normalized spacial score (nSPS) is 11.1. The Hall–Kier alpha value is -2.70. The van der Waals surface area contributed by atoms with Crippen LogP contribution in [0.2, 0.25) is 0 Å². The van der Waals surface area contributed by atoms with E-state index in [1.54, 1.807) is 27.0 Å². The van der Waals surface area contributed by atoms with Gasteiger partial charge in [0.25, 0.3) is 0 Å². The summed E-state index contributed by atoms with van der Waals surface area (Å²) in [6, 6.07) is 3.61. The van der Waals surface area contributed by atoms with Crippen LogP contribution in [-0.4, -0.2) is 38.9 Å². The first-order valence-electron chi connectivity index (χ1n) is 6.81. The maximum Gasteiger partial charge on any atom is 0.332 e. The largest absolute Gasteiger partial charge is 0.481 e. The molecule has 0 aliphatic carbocycles. The van der Waals surface area contributed by atoms with Gasteiger partial charge in [0.15, 0.2) is 5.82 Å². The fourth-order valence-electron chi connectivity index (χ4n) is 1.76. The third-order valence-corrected chi connectivity index (χ3v) is 2.62. The first-order valence-corrected chi connectivity index (χ1v) is 6.81. The number of carbonyl (C=O) groups is 1. The topological polar surface area (TPSA) is 79.1 Å². The van der Waals surface area contributed by atoms with E-state index < -0.39 is 5.97 Å². The number of hydrogen-bond acceptors (Lipinski definition) is 6. The molecule has 0 saturated heterocycles. The minimum atomic E-state index is -0.423. The summed E-state index contributed by atoms with van der Waals surface area (Å²) >= 11 is 0. The van der Waals surface area contributed by atoms with Gasteiger partial charge in [-0.15, -0.1) is 5.10 Å². The third-order valence-electron chi connectivity index (χ3n) is 2.62. The highest BCUT2D eigenvalue weighted by Gasteiger charge is 2.07. The van der Waals surface area contributed by atoms with Crippen LogP contribution >= 0.6 is 0 Å². The number of esters is 1. The first-order chi connectivity index (χ1) is 10.5. The number of aromatic nitrogens is 4. The molecule has 116 valence electrons. The molecule has 0 atom stereocenters. The average Bonchev–Trinajstić information content (AvgIpc) is 2.92. The van der Waals surface area contributed by atoms with Crippen molar-refractivity contribution in [1.82, 2.24) is 19.7 Å². The van der Waals surface area contributed by atoms with E-state index in [1.165, 1.54) is 23.3 Å². The van der Waals surface area contributed by atoms with Crippen LogP contribution in [0, 0.1) is 6.92 Å². The Morgan fingerprint density at radius 2 is 2.14 bits per heavy atom. The van der Waals surface area contributed by atoms with Crippen molar-refractivity contribution < 1.29 is 14.3 Å². The molecule has 0 bridgehead atoms. The Labute approximate surface area is 128 Å². The lowest BCUT2D eigenvalue weighted by molar-refractivity contribution is -0.141. The van der Waals surface area contributed by atoms with Gasteiger partial charge < -0.3 is 9.47 Å². The van der Waals surface area contributed by atoms with E-state index >= 15 is 0 Å². The van der Waals surface area contributed by atoms with Crippen molar-refractivity contribution in [1.29, 1.82) is 0 Å². The lowest BCUT2D eigenvalue weighted by Gasteiger charge is -2.03. The van der Waals surface area contributed by atoms with E-state index in [1.807, 2.05) is 13.0 Å². The second-order valence-electron chi connectivity index (χ2n) is 4.89. The summed E-state index contributed by atoms with van der Waals surface area (Å²) in [5.41, 5.74) is 1.60. The molecule has 22 heavy (non-hydrogen) atoms. The maximum absolute atomic E-state index is 11.4. The molecule has 0 saturated carbocycles. The van der Waals surface area contributed by atoms with Crippen molar-refractivity contribution in [2.45, 2.75) is 26.9 Å². The molecular formula is C15H18N4O3. The fraction of sp³-hybridized carbons (Fsp3) is 0.333. The van der Waals surface area contributed by atoms with Crippen molar-refractivity contribution in [3.8, 4) is 17.3 Å². The monoisotopic (exact) mass is 302 g/mol. The van der Waals surface area contributed by atoms with Crippen molar-refractivity contribution >= 4 is 12.2 Å². The van der Waals surface area contributed by atoms with Crippen LogP contribution in [0.5, 0.6) is 5.88 Å². The van der Waals surface area contributed by atoms with Crippen LogP contribution in [0.4, 0.5) is 0 Å². The zero-order valence-electron chi connectivity index (χ0n) is 13.0. The average molecular weight is 302 g/mol. The molecule has 0 aliphatic heterocycles. The number of ether oxygens (including phenoxy) is 2. The molecule has 0 radical (unpaired) electrons. The molecule has 7 nitrogen and oxygen atoms in total. The number of carbonyl (C=O) groups excluding carboxylic acids is 1. The van der Waals surface area contributed by atoms with Crippen LogP contribution in [0.15, 0.2) is 24.5 Å². The van der Waals surface area contributed by atoms with Crippen molar-refractivity contribution in [3.63, 3.8) is 0 Å². The predicted molar refractivity (Wildman–Crippen MR) is 81.1 cm³/mol. The zero-order valence-corrected chi connectivity index (χ0v) is 13.0. The summed E-state index contributed by atoms with van der Waals surface area (Å²) in [6.45, 7) is 5.45. The van der Waals surface area contributed by atoms with Crippen LogP contribution in [-0.2, 0) is 9.53 Å². The van der Waals surface area contributed by atoms with Crippen molar-refractivity contribution in [2.24, 2.45) is 0 Å². The summed E-state index contributed by atoms with van der Waals surface area (Å²) in [5.74, 6) is 0.599. The van der Waals surface area contributed by atoms with Gasteiger partial charge in [-0.05, 0) is 26.8 Å².